The highest BCUT2D eigenvalue weighted by Crippen LogP contribution is 2.52. The number of rotatable bonds is 2. The van der Waals surface area contributed by atoms with Gasteiger partial charge in [-0.15, -0.1) is 0 Å². The zero-order chi connectivity index (χ0) is 13.3. The highest BCUT2D eigenvalue weighted by atomic mass is 19.3. The molecule has 3 unspecified atom stereocenters. The van der Waals surface area contributed by atoms with Crippen LogP contribution < -0.4 is 0 Å². The molecule has 104 valence electrons. The van der Waals surface area contributed by atoms with E-state index >= 15 is 0 Å². The van der Waals surface area contributed by atoms with Crippen molar-refractivity contribution >= 4 is 0 Å². The molecular weight excluding hydrogens is 251 g/mol. The van der Waals surface area contributed by atoms with Crippen molar-refractivity contribution in [3.63, 3.8) is 0 Å². The molecule has 3 atom stereocenters. The van der Waals surface area contributed by atoms with Gasteiger partial charge in [-0.2, -0.15) is 22.0 Å². The van der Waals surface area contributed by atoms with Crippen LogP contribution in [-0.4, -0.2) is 5.92 Å². The number of halogens is 5. The van der Waals surface area contributed by atoms with Gasteiger partial charge >= 0.3 is 12.0 Å². The first-order valence-corrected chi connectivity index (χ1v) is 6.53. The van der Waals surface area contributed by atoms with Gasteiger partial charge in [0.15, 0.2) is 0 Å². The Morgan fingerprint density at radius 1 is 0.833 bits per heavy atom. The lowest BCUT2D eigenvalue weighted by Crippen LogP contribution is -2.42. The average molecular weight is 268 g/mol. The second kappa shape index (κ2) is 5.17. The van der Waals surface area contributed by atoms with Crippen molar-refractivity contribution in [2.24, 2.45) is 17.8 Å². The van der Waals surface area contributed by atoms with Gasteiger partial charge in [-0.3, -0.25) is 0 Å². The highest BCUT2D eigenvalue weighted by molar-refractivity contribution is 5.09. The van der Waals surface area contributed by atoms with Crippen molar-refractivity contribution in [2.45, 2.75) is 50.9 Å². The van der Waals surface area contributed by atoms with Crippen molar-refractivity contribution in [3.8, 4) is 0 Å². The molecule has 2 fully saturated rings. The van der Waals surface area contributed by atoms with Crippen molar-refractivity contribution in [2.75, 3.05) is 0 Å². The van der Waals surface area contributed by atoms with Gasteiger partial charge in [0.25, 0.3) is 0 Å². The SMILES string of the molecule is FC(F)=C(F)C(F)(F)C1CCCC2CCCCC21. The van der Waals surface area contributed by atoms with Gasteiger partial charge in [0, 0.05) is 5.92 Å². The molecule has 0 saturated heterocycles. The Labute approximate surface area is 103 Å². The quantitative estimate of drug-likeness (QED) is 0.596. The summed E-state index contributed by atoms with van der Waals surface area (Å²) in [6.07, 6.45) is 2.08. The first-order valence-electron chi connectivity index (χ1n) is 6.53. The van der Waals surface area contributed by atoms with Gasteiger partial charge in [0.1, 0.15) is 0 Å². The van der Waals surface area contributed by atoms with Crippen LogP contribution in [0.15, 0.2) is 11.9 Å². The summed E-state index contributed by atoms with van der Waals surface area (Å²) >= 11 is 0. The Balaban J connectivity index is 2.22. The Kier molecular flexibility index (Phi) is 3.97. The van der Waals surface area contributed by atoms with Gasteiger partial charge in [-0.25, -0.2) is 0 Å². The predicted octanol–water partition coefficient (Wildman–Crippen LogP) is 5.31. The van der Waals surface area contributed by atoms with Crippen molar-refractivity contribution in [1.82, 2.24) is 0 Å². The molecule has 18 heavy (non-hydrogen) atoms. The Morgan fingerprint density at radius 3 is 2.11 bits per heavy atom. The van der Waals surface area contributed by atoms with Crippen LogP contribution in [0.4, 0.5) is 22.0 Å². The first-order chi connectivity index (χ1) is 8.44. The van der Waals surface area contributed by atoms with E-state index in [-0.39, 0.29) is 18.3 Å². The maximum atomic E-state index is 13.8. The van der Waals surface area contributed by atoms with E-state index in [0.29, 0.717) is 12.8 Å². The molecule has 0 aromatic rings. The fourth-order valence-corrected chi connectivity index (χ4v) is 3.68. The lowest BCUT2D eigenvalue weighted by Gasteiger charge is -2.43. The van der Waals surface area contributed by atoms with Crippen LogP contribution >= 0.6 is 0 Å². The topological polar surface area (TPSA) is 0 Å². The van der Waals surface area contributed by atoms with Gasteiger partial charge in [-0.1, -0.05) is 32.1 Å². The summed E-state index contributed by atoms with van der Waals surface area (Å²) in [4.78, 5) is 0. The zero-order valence-electron chi connectivity index (χ0n) is 10.1. The normalized spacial score (nSPS) is 32.8. The Bertz CT molecular complexity index is 330. The molecule has 5 heteroatoms. The first kappa shape index (κ1) is 13.8. The Morgan fingerprint density at radius 2 is 1.44 bits per heavy atom. The largest absolute Gasteiger partial charge is 0.307 e. The van der Waals surface area contributed by atoms with E-state index < -0.39 is 23.7 Å². The van der Waals surface area contributed by atoms with E-state index in [1.54, 1.807) is 0 Å². The van der Waals surface area contributed by atoms with E-state index in [2.05, 4.69) is 0 Å². The molecule has 0 N–H and O–H groups in total. The van der Waals surface area contributed by atoms with Crippen LogP contribution in [0.5, 0.6) is 0 Å². The van der Waals surface area contributed by atoms with Gasteiger partial charge in [-0.05, 0) is 24.7 Å². The minimum absolute atomic E-state index is 0.148. The van der Waals surface area contributed by atoms with Crippen LogP contribution in [0, 0.1) is 17.8 Å². The van der Waals surface area contributed by atoms with Crippen LogP contribution in [0.1, 0.15) is 44.9 Å². The minimum Gasteiger partial charge on any atom is -0.199 e. The molecule has 0 nitrogen and oxygen atoms in total. The summed E-state index contributed by atoms with van der Waals surface area (Å²) in [5.41, 5.74) is 0. The number of hydrogen-bond donors (Lipinski definition) is 0. The average Bonchev–Trinajstić information content (AvgIpc) is 2.36. The van der Waals surface area contributed by atoms with E-state index in [4.69, 9.17) is 0 Å². The lowest BCUT2D eigenvalue weighted by atomic mass is 9.63. The van der Waals surface area contributed by atoms with E-state index in [0.717, 1.165) is 25.7 Å². The molecule has 2 aliphatic rings. The molecular formula is C13H17F5. The van der Waals surface area contributed by atoms with E-state index in [1.807, 2.05) is 0 Å². The molecule has 0 amide bonds. The van der Waals surface area contributed by atoms with Crippen molar-refractivity contribution in [3.05, 3.63) is 11.9 Å². The van der Waals surface area contributed by atoms with Crippen LogP contribution in [0.2, 0.25) is 0 Å². The van der Waals surface area contributed by atoms with Crippen LogP contribution in [0.25, 0.3) is 0 Å². The number of fused-ring (bicyclic) bond motifs is 1. The van der Waals surface area contributed by atoms with Crippen LogP contribution in [-0.2, 0) is 0 Å². The maximum Gasteiger partial charge on any atom is 0.307 e. The summed E-state index contributed by atoms with van der Waals surface area (Å²) in [6.45, 7) is 0. The summed E-state index contributed by atoms with van der Waals surface area (Å²) in [6, 6.07) is 0. The summed E-state index contributed by atoms with van der Waals surface area (Å²) < 4.78 is 64.9. The fourth-order valence-electron chi connectivity index (χ4n) is 3.68. The number of allylic oxidation sites excluding steroid dienone is 1. The molecule has 0 spiro atoms. The van der Waals surface area contributed by atoms with Gasteiger partial charge in [0.05, 0.1) is 0 Å². The second-order valence-corrected chi connectivity index (χ2v) is 5.44. The molecule has 0 bridgehead atoms. The number of hydrogen-bond acceptors (Lipinski definition) is 0. The third-order valence-electron chi connectivity index (χ3n) is 4.50. The lowest BCUT2D eigenvalue weighted by molar-refractivity contribution is -0.100. The fraction of sp³-hybridized carbons (Fsp3) is 0.846. The molecule has 2 rings (SSSR count). The maximum absolute atomic E-state index is 13.8. The third kappa shape index (κ3) is 2.41. The smallest absolute Gasteiger partial charge is 0.199 e. The van der Waals surface area contributed by atoms with Crippen molar-refractivity contribution in [1.29, 1.82) is 0 Å². The summed E-state index contributed by atoms with van der Waals surface area (Å²) in [7, 11) is 0. The van der Waals surface area contributed by atoms with Gasteiger partial charge in [0.2, 0.25) is 5.83 Å². The molecule has 2 aliphatic carbocycles. The van der Waals surface area contributed by atoms with Crippen LogP contribution in [0.3, 0.4) is 0 Å². The standard InChI is InChI=1S/C13H17F5/c14-11(12(15)16)13(17,18)10-7-3-5-8-4-1-2-6-9(8)10/h8-10H,1-7H2. The van der Waals surface area contributed by atoms with E-state index in [1.165, 1.54) is 0 Å². The summed E-state index contributed by atoms with van der Waals surface area (Å²) in [5.74, 6) is -7.90. The molecule has 0 aromatic heterocycles. The molecule has 0 radical (unpaired) electrons. The van der Waals surface area contributed by atoms with E-state index in [9.17, 15) is 22.0 Å². The highest BCUT2D eigenvalue weighted by Gasteiger charge is 2.52. The zero-order valence-corrected chi connectivity index (χ0v) is 10.1. The predicted molar refractivity (Wildman–Crippen MR) is 58.1 cm³/mol. The van der Waals surface area contributed by atoms with Gasteiger partial charge < -0.3 is 0 Å². The molecule has 0 heterocycles. The Hall–Kier alpha value is -0.610. The third-order valence-corrected chi connectivity index (χ3v) is 4.50. The molecule has 2 saturated carbocycles. The minimum atomic E-state index is -4.00. The molecule has 0 aliphatic heterocycles. The monoisotopic (exact) mass is 268 g/mol. The second-order valence-electron chi connectivity index (χ2n) is 5.44. The van der Waals surface area contributed by atoms with Crippen molar-refractivity contribution < 1.29 is 22.0 Å². The molecule has 0 aromatic carbocycles. The number of alkyl halides is 2. The summed E-state index contributed by atoms with van der Waals surface area (Å²) in [5, 5.41) is 0.